The summed E-state index contributed by atoms with van der Waals surface area (Å²) >= 11 is 2.19. The van der Waals surface area contributed by atoms with Crippen LogP contribution in [0.2, 0.25) is 0 Å². The maximum Gasteiger partial charge on any atom is 0.307 e. The third-order valence-electron chi connectivity index (χ3n) is 5.09. The fourth-order valence-corrected chi connectivity index (χ4v) is 5.28. The summed E-state index contributed by atoms with van der Waals surface area (Å²) in [7, 11) is 1.47. The van der Waals surface area contributed by atoms with E-state index in [0.717, 1.165) is 16.9 Å². The van der Waals surface area contributed by atoms with Crippen molar-refractivity contribution in [3.63, 3.8) is 0 Å². The van der Waals surface area contributed by atoms with Gasteiger partial charge in [-0.05, 0) is 35.7 Å². The number of anilines is 1. The first kappa shape index (κ1) is 22.0. The largest absolute Gasteiger partial charge is 0.507 e. The highest BCUT2D eigenvalue weighted by Crippen LogP contribution is 2.34. The molecule has 4 rings (SSSR count). The zero-order valence-electron chi connectivity index (χ0n) is 17.0. The van der Waals surface area contributed by atoms with Crippen LogP contribution >= 0.6 is 23.1 Å². The Morgan fingerprint density at radius 1 is 1.22 bits per heavy atom. The summed E-state index contributed by atoms with van der Waals surface area (Å²) in [5.41, 5.74) is 2.29. The number of aromatic nitrogens is 1. The van der Waals surface area contributed by atoms with Gasteiger partial charge in [-0.2, -0.15) is 0 Å². The maximum atomic E-state index is 12.9. The number of hydrogen-bond acceptors (Lipinski definition) is 8. The lowest BCUT2D eigenvalue weighted by molar-refractivity contribution is -0.115. The van der Waals surface area contributed by atoms with Crippen LogP contribution in [0.25, 0.3) is 0 Å². The normalized spacial score (nSPS) is 15.7. The number of nitrogens with one attached hydrogen (secondary N) is 2. The standard InChI is InChI=1S/C22H20N2O6S2/c1-30-14-7-12-8-17(31-10-16(26)19(12)15(25)9-14)20(27)23-13-4-2-11(3-5-13)6-18-21(28)24-22(29)32-18/h2-5,7,9,17,25,28H,6,8,10H2,1H3,(H,23,27)(H,24,29). The van der Waals surface area contributed by atoms with Crippen LogP contribution in [0.1, 0.15) is 26.4 Å². The van der Waals surface area contributed by atoms with E-state index in [0.29, 0.717) is 28.3 Å². The van der Waals surface area contributed by atoms with Crippen LogP contribution in [0.15, 0.2) is 41.2 Å². The fraction of sp³-hybridized carbons (Fsp3) is 0.227. The van der Waals surface area contributed by atoms with Gasteiger partial charge in [-0.25, -0.2) is 0 Å². The summed E-state index contributed by atoms with van der Waals surface area (Å²) in [5.74, 6) is -0.214. The second-order valence-electron chi connectivity index (χ2n) is 7.26. The van der Waals surface area contributed by atoms with Crippen molar-refractivity contribution in [3.05, 3.63) is 67.6 Å². The smallest absolute Gasteiger partial charge is 0.307 e. The zero-order chi connectivity index (χ0) is 22.8. The summed E-state index contributed by atoms with van der Waals surface area (Å²) in [6.07, 6.45) is 0.679. The minimum Gasteiger partial charge on any atom is -0.507 e. The number of fused-ring (bicyclic) bond motifs is 1. The second kappa shape index (κ2) is 9.09. The van der Waals surface area contributed by atoms with E-state index >= 15 is 0 Å². The van der Waals surface area contributed by atoms with Gasteiger partial charge in [0, 0.05) is 18.2 Å². The SMILES string of the molecule is COc1cc(O)c2c(c1)CC(C(=O)Nc1ccc(Cc3sc(=O)[nH]c3O)cc1)SCC2=O. The van der Waals surface area contributed by atoms with Crippen LogP contribution < -0.4 is 14.9 Å². The summed E-state index contributed by atoms with van der Waals surface area (Å²) in [4.78, 5) is 39.3. The lowest BCUT2D eigenvalue weighted by Gasteiger charge is -2.15. The zero-order valence-corrected chi connectivity index (χ0v) is 18.6. The number of aromatic hydroxyl groups is 2. The van der Waals surface area contributed by atoms with Gasteiger partial charge in [0.05, 0.1) is 28.6 Å². The Labute approximate surface area is 191 Å². The summed E-state index contributed by atoms with van der Waals surface area (Å²) in [5, 5.41) is 22.3. The Morgan fingerprint density at radius 2 is 1.97 bits per heavy atom. The van der Waals surface area contributed by atoms with Crippen molar-refractivity contribution in [2.75, 3.05) is 18.2 Å². The first-order valence-electron chi connectivity index (χ1n) is 9.69. The number of amides is 1. The molecule has 0 saturated heterocycles. The van der Waals surface area contributed by atoms with Crippen molar-refractivity contribution in [2.45, 2.75) is 18.1 Å². The van der Waals surface area contributed by atoms with E-state index in [9.17, 15) is 24.6 Å². The molecule has 2 heterocycles. The molecule has 1 aliphatic rings. The van der Waals surface area contributed by atoms with Crippen LogP contribution in [0.3, 0.4) is 0 Å². The van der Waals surface area contributed by atoms with Crippen molar-refractivity contribution in [2.24, 2.45) is 0 Å². The molecule has 2 aromatic carbocycles. The van der Waals surface area contributed by atoms with E-state index in [1.165, 1.54) is 24.9 Å². The van der Waals surface area contributed by atoms with Crippen LogP contribution in [0, 0.1) is 0 Å². The van der Waals surface area contributed by atoms with Crippen molar-refractivity contribution >= 4 is 40.5 Å². The highest BCUT2D eigenvalue weighted by Gasteiger charge is 2.29. The number of ether oxygens (including phenoxy) is 1. The topological polar surface area (TPSA) is 129 Å². The number of Topliss-reactive ketones (excluding diaryl/α,β-unsaturated/α-hetero) is 1. The Bertz CT molecular complexity index is 1230. The van der Waals surface area contributed by atoms with E-state index < -0.39 is 5.25 Å². The molecule has 0 spiro atoms. The molecule has 166 valence electrons. The number of H-pyrrole nitrogens is 1. The molecule has 0 aliphatic carbocycles. The number of rotatable bonds is 5. The lowest BCUT2D eigenvalue weighted by atomic mass is 9.98. The molecular formula is C22H20N2O6S2. The minimum atomic E-state index is -0.513. The third-order valence-corrected chi connectivity index (χ3v) is 7.17. The molecule has 0 radical (unpaired) electrons. The molecule has 1 unspecified atom stereocenters. The molecule has 1 atom stereocenters. The molecule has 0 bridgehead atoms. The second-order valence-corrected chi connectivity index (χ2v) is 9.52. The summed E-state index contributed by atoms with van der Waals surface area (Å²) in [6.45, 7) is 0. The number of carbonyl (C=O) groups excluding carboxylic acids is 2. The van der Waals surface area contributed by atoms with Gasteiger partial charge in [-0.15, -0.1) is 11.8 Å². The number of methoxy groups -OCH3 is 1. The van der Waals surface area contributed by atoms with Crippen LogP contribution in [-0.4, -0.2) is 45.0 Å². The predicted molar refractivity (Wildman–Crippen MR) is 123 cm³/mol. The summed E-state index contributed by atoms with van der Waals surface area (Å²) < 4.78 is 5.18. The van der Waals surface area contributed by atoms with Gasteiger partial charge in [-0.1, -0.05) is 23.5 Å². The molecule has 1 amide bonds. The van der Waals surface area contributed by atoms with Crippen molar-refractivity contribution < 1.29 is 24.5 Å². The van der Waals surface area contributed by atoms with Gasteiger partial charge in [0.2, 0.25) is 11.8 Å². The van der Waals surface area contributed by atoms with E-state index in [1.54, 1.807) is 30.3 Å². The fourth-order valence-electron chi connectivity index (χ4n) is 3.52. The molecule has 10 heteroatoms. The first-order valence-corrected chi connectivity index (χ1v) is 11.6. The molecule has 1 aromatic heterocycles. The average Bonchev–Trinajstić information content (AvgIpc) is 2.97. The molecule has 0 fully saturated rings. The predicted octanol–water partition coefficient (Wildman–Crippen LogP) is 2.93. The Morgan fingerprint density at radius 3 is 2.62 bits per heavy atom. The van der Waals surface area contributed by atoms with Crippen molar-refractivity contribution in [1.82, 2.24) is 4.98 Å². The third kappa shape index (κ3) is 4.66. The molecule has 0 saturated carbocycles. The van der Waals surface area contributed by atoms with Crippen molar-refractivity contribution in [3.8, 4) is 17.4 Å². The Balaban J connectivity index is 1.46. The van der Waals surface area contributed by atoms with Gasteiger partial charge in [0.1, 0.15) is 11.5 Å². The van der Waals surface area contributed by atoms with Crippen LogP contribution in [-0.2, 0) is 17.6 Å². The Hall–Kier alpha value is -3.24. The number of ketones is 1. The number of aromatic amines is 1. The molecule has 1 aliphatic heterocycles. The molecule has 3 aromatic rings. The lowest BCUT2D eigenvalue weighted by Crippen LogP contribution is -2.27. The van der Waals surface area contributed by atoms with Gasteiger partial charge in [0.15, 0.2) is 5.78 Å². The van der Waals surface area contributed by atoms with Gasteiger partial charge < -0.3 is 20.3 Å². The number of carbonyl (C=O) groups is 2. The Kier molecular flexibility index (Phi) is 6.24. The van der Waals surface area contributed by atoms with Crippen molar-refractivity contribution in [1.29, 1.82) is 0 Å². The van der Waals surface area contributed by atoms with E-state index in [-0.39, 0.29) is 45.9 Å². The molecule has 32 heavy (non-hydrogen) atoms. The molecule has 8 nitrogen and oxygen atoms in total. The maximum absolute atomic E-state index is 12.9. The van der Waals surface area contributed by atoms with E-state index in [1.807, 2.05) is 0 Å². The summed E-state index contributed by atoms with van der Waals surface area (Å²) in [6, 6.07) is 10.2. The quantitative estimate of drug-likeness (QED) is 0.449. The minimum absolute atomic E-state index is 0.0902. The highest BCUT2D eigenvalue weighted by atomic mass is 32.2. The molecular weight excluding hydrogens is 452 g/mol. The molecule has 4 N–H and O–H groups in total. The number of benzene rings is 2. The first-order chi connectivity index (χ1) is 15.3. The number of phenolic OH excluding ortho intramolecular Hbond substituents is 1. The van der Waals surface area contributed by atoms with Crippen LogP contribution in [0.5, 0.6) is 17.4 Å². The number of phenols is 1. The number of hydrogen-bond donors (Lipinski definition) is 4. The highest BCUT2D eigenvalue weighted by molar-refractivity contribution is 8.01. The average molecular weight is 473 g/mol. The van der Waals surface area contributed by atoms with Gasteiger partial charge in [0.25, 0.3) is 0 Å². The van der Waals surface area contributed by atoms with E-state index in [2.05, 4.69) is 10.3 Å². The number of thiazole rings is 1. The van der Waals surface area contributed by atoms with Crippen LogP contribution in [0.4, 0.5) is 5.69 Å². The number of thioether (sulfide) groups is 1. The van der Waals surface area contributed by atoms with Gasteiger partial charge in [-0.3, -0.25) is 19.4 Å². The van der Waals surface area contributed by atoms with E-state index in [4.69, 9.17) is 4.74 Å². The monoisotopic (exact) mass is 472 g/mol. The van der Waals surface area contributed by atoms with Gasteiger partial charge >= 0.3 is 4.87 Å².